The van der Waals surface area contributed by atoms with E-state index in [2.05, 4.69) is 5.32 Å². The van der Waals surface area contributed by atoms with Crippen molar-refractivity contribution in [3.8, 4) is 5.75 Å². The van der Waals surface area contributed by atoms with Crippen LogP contribution in [0.15, 0.2) is 54.6 Å². The summed E-state index contributed by atoms with van der Waals surface area (Å²) in [4.78, 5) is 24.4. The molecule has 0 radical (unpaired) electrons. The van der Waals surface area contributed by atoms with Gasteiger partial charge in [0, 0.05) is 5.39 Å². The van der Waals surface area contributed by atoms with E-state index >= 15 is 0 Å². The topological polar surface area (TPSA) is 64.6 Å². The number of fused-ring (bicyclic) bond motifs is 1. The standard InChI is InChI=1S/C20H15ClFNO4/c1-26-18-9-7-15(13-4-2-3-5-14(13)18)20(25)27-11-19(24)23-17-8-6-12(22)10-16(17)21/h2-10H,11H2,1H3,(H,23,24). The zero-order valence-electron chi connectivity index (χ0n) is 14.3. The van der Waals surface area contributed by atoms with Crippen LogP contribution in [0.1, 0.15) is 10.4 Å². The van der Waals surface area contributed by atoms with E-state index in [1.807, 2.05) is 12.1 Å². The quantitative estimate of drug-likeness (QED) is 0.657. The molecule has 0 aliphatic carbocycles. The fraction of sp³-hybridized carbons (Fsp3) is 0.100. The Labute approximate surface area is 159 Å². The summed E-state index contributed by atoms with van der Waals surface area (Å²) in [6.07, 6.45) is 0. The molecule has 3 aromatic carbocycles. The molecule has 1 N–H and O–H groups in total. The molecule has 5 nitrogen and oxygen atoms in total. The molecule has 27 heavy (non-hydrogen) atoms. The second kappa shape index (κ2) is 8.05. The van der Waals surface area contributed by atoms with Crippen LogP contribution >= 0.6 is 11.6 Å². The number of carbonyl (C=O) groups excluding carboxylic acids is 2. The molecule has 0 unspecified atom stereocenters. The minimum Gasteiger partial charge on any atom is -0.496 e. The number of carbonyl (C=O) groups is 2. The molecule has 138 valence electrons. The number of halogens is 2. The third kappa shape index (κ3) is 4.17. The van der Waals surface area contributed by atoms with Crippen LogP contribution < -0.4 is 10.1 Å². The summed E-state index contributed by atoms with van der Waals surface area (Å²) in [5.74, 6) is -1.12. The van der Waals surface area contributed by atoms with Crippen molar-refractivity contribution in [3.63, 3.8) is 0 Å². The first-order valence-corrected chi connectivity index (χ1v) is 8.35. The average molecular weight is 388 g/mol. The van der Waals surface area contributed by atoms with Crippen LogP contribution in [0, 0.1) is 5.82 Å². The van der Waals surface area contributed by atoms with E-state index in [1.54, 1.807) is 31.4 Å². The molecule has 3 rings (SSSR count). The molecule has 0 aromatic heterocycles. The maximum Gasteiger partial charge on any atom is 0.339 e. The highest BCUT2D eigenvalue weighted by molar-refractivity contribution is 6.33. The van der Waals surface area contributed by atoms with E-state index in [0.29, 0.717) is 16.7 Å². The predicted molar refractivity (Wildman–Crippen MR) is 101 cm³/mol. The molecule has 0 saturated heterocycles. The third-order valence-corrected chi connectivity index (χ3v) is 4.18. The number of ether oxygens (including phenoxy) is 2. The van der Waals surface area contributed by atoms with Gasteiger partial charge in [0.15, 0.2) is 6.61 Å². The molecule has 0 spiro atoms. The third-order valence-electron chi connectivity index (χ3n) is 3.86. The summed E-state index contributed by atoms with van der Waals surface area (Å²) in [5.41, 5.74) is 0.549. The number of methoxy groups -OCH3 is 1. The maximum atomic E-state index is 13.0. The minimum atomic E-state index is -0.644. The number of anilines is 1. The molecule has 0 aliphatic rings. The van der Waals surface area contributed by atoms with Gasteiger partial charge in [0.05, 0.1) is 23.4 Å². The first-order chi connectivity index (χ1) is 13.0. The Kier molecular flexibility index (Phi) is 5.57. The molecular formula is C20H15ClFNO4. The van der Waals surface area contributed by atoms with Crippen molar-refractivity contribution >= 4 is 39.9 Å². The summed E-state index contributed by atoms with van der Waals surface area (Å²) in [7, 11) is 1.55. The Morgan fingerprint density at radius 1 is 1.07 bits per heavy atom. The van der Waals surface area contributed by atoms with Gasteiger partial charge in [0.1, 0.15) is 11.6 Å². The van der Waals surface area contributed by atoms with Gasteiger partial charge in [-0.2, -0.15) is 0 Å². The predicted octanol–water partition coefficient (Wildman–Crippen LogP) is 4.44. The highest BCUT2D eigenvalue weighted by atomic mass is 35.5. The van der Waals surface area contributed by atoms with E-state index in [1.165, 1.54) is 6.07 Å². The first-order valence-electron chi connectivity index (χ1n) is 7.97. The Hall–Kier alpha value is -3.12. The van der Waals surface area contributed by atoms with Gasteiger partial charge in [-0.3, -0.25) is 4.79 Å². The van der Waals surface area contributed by atoms with Crippen LogP contribution in [0.25, 0.3) is 10.8 Å². The van der Waals surface area contributed by atoms with Crippen LogP contribution in [0.2, 0.25) is 5.02 Å². The SMILES string of the molecule is COc1ccc(C(=O)OCC(=O)Nc2ccc(F)cc2Cl)c2ccccc12. The van der Waals surface area contributed by atoms with E-state index in [0.717, 1.165) is 17.5 Å². The van der Waals surface area contributed by atoms with Crippen molar-refractivity contribution in [2.75, 3.05) is 19.0 Å². The van der Waals surface area contributed by atoms with Crippen LogP contribution in [0.3, 0.4) is 0 Å². The second-order valence-corrected chi connectivity index (χ2v) is 6.02. The lowest BCUT2D eigenvalue weighted by atomic mass is 10.0. The zero-order chi connectivity index (χ0) is 19.4. The molecule has 7 heteroatoms. The lowest BCUT2D eigenvalue weighted by Gasteiger charge is -2.11. The molecule has 0 aliphatic heterocycles. The number of nitrogens with one attached hydrogen (secondary N) is 1. The number of rotatable bonds is 5. The Morgan fingerprint density at radius 2 is 1.81 bits per heavy atom. The number of hydrogen-bond donors (Lipinski definition) is 1. The molecule has 1 amide bonds. The maximum absolute atomic E-state index is 13.0. The lowest BCUT2D eigenvalue weighted by molar-refractivity contribution is -0.119. The van der Waals surface area contributed by atoms with Gasteiger partial charge in [-0.15, -0.1) is 0 Å². The molecule has 0 fully saturated rings. The highest BCUT2D eigenvalue weighted by Crippen LogP contribution is 2.28. The van der Waals surface area contributed by atoms with E-state index in [4.69, 9.17) is 21.1 Å². The molecule has 0 atom stereocenters. The van der Waals surface area contributed by atoms with Crippen molar-refractivity contribution in [1.82, 2.24) is 0 Å². The van der Waals surface area contributed by atoms with Crippen LogP contribution in [-0.4, -0.2) is 25.6 Å². The second-order valence-electron chi connectivity index (χ2n) is 5.61. The lowest BCUT2D eigenvalue weighted by Crippen LogP contribution is -2.21. The largest absolute Gasteiger partial charge is 0.496 e. The molecular weight excluding hydrogens is 373 g/mol. The molecule has 0 bridgehead atoms. The fourth-order valence-electron chi connectivity index (χ4n) is 2.61. The van der Waals surface area contributed by atoms with Crippen molar-refractivity contribution in [3.05, 3.63) is 71.0 Å². The number of esters is 1. The summed E-state index contributed by atoms with van der Waals surface area (Å²) in [6, 6.07) is 14.0. The number of benzene rings is 3. The Morgan fingerprint density at radius 3 is 2.52 bits per heavy atom. The van der Waals surface area contributed by atoms with Gasteiger partial charge in [-0.25, -0.2) is 9.18 Å². The van der Waals surface area contributed by atoms with Crippen molar-refractivity contribution in [1.29, 1.82) is 0 Å². The summed E-state index contributed by atoms with van der Waals surface area (Å²) in [6.45, 7) is -0.507. The highest BCUT2D eigenvalue weighted by Gasteiger charge is 2.16. The normalized spacial score (nSPS) is 10.5. The van der Waals surface area contributed by atoms with Gasteiger partial charge >= 0.3 is 5.97 Å². The first kappa shape index (κ1) is 18.7. The van der Waals surface area contributed by atoms with Crippen molar-refractivity contribution in [2.45, 2.75) is 0 Å². The minimum absolute atomic E-state index is 0.0517. The summed E-state index contributed by atoms with van der Waals surface area (Å²) < 4.78 is 23.4. The fourth-order valence-corrected chi connectivity index (χ4v) is 2.83. The van der Waals surface area contributed by atoms with Crippen LogP contribution in [-0.2, 0) is 9.53 Å². The van der Waals surface area contributed by atoms with E-state index in [9.17, 15) is 14.0 Å². The summed E-state index contributed by atoms with van der Waals surface area (Å²) >= 11 is 5.85. The van der Waals surface area contributed by atoms with E-state index in [-0.39, 0.29) is 10.7 Å². The van der Waals surface area contributed by atoms with Crippen LogP contribution in [0.4, 0.5) is 10.1 Å². The molecule has 0 saturated carbocycles. The Bertz CT molecular complexity index is 1020. The molecule has 0 heterocycles. The Balaban J connectivity index is 1.71. The molecule has 3 aromatic rings. The van der Waals surface area contributed by atoms with Crippen molar-refractivity contribution < 1.29 is 23.5 Å². The van der Waals surface area contributed by atoms with Crippen molar-refractivity contribution in [2.24, 2.45) is 0 Å². The average Bonchev–Trinajstić information content (AvgIpc) is 2.67. The van der Waals surface area contributed by atoms with Gasteiger partial charge in [-0.1, -0.05) is 35.9 Å². The van der Waals surface area contributed by atoms with Gasteiger partial charge in [-0.05, 0) is 35.7 Å². The number of hydrogen-bond acceptors (Lipinski definition) is 4. The van der Waals surface area contributed by atoms with Crippen LogP contribution in [0.5, 0.6) is 5.75 Å². The van der Waals surface area contributed by atoms with Gasteiger partial charge in [0.25, 0.3) is 5.91 Å². The number of amides is 1. The zero-order valence-corrected chi connectivity index (χ0v) is 15.0. The van der Waals surface area contributed by atoms with E-state index < -0.39 is 24.3 Å². The summed E-state index contributed by atoms with van der Waals surface area (Å²) in [5, 5.41) is 3.93. The monoisotopic (exact) mass is 387 g/mol. The smallest absolute Gasteiger partial charge is 0.339 e. The van der Waals surface area contributed by atoms with Gasteiger partial charge < -0.3 is 14.8 Å². The van der Waals surface area contributed by atoms with Gasteiger partial charge in [0.2, 0.25) is 0 Å².